The quantitative estimate of drug-likeness (QED) is 0.674. The fourth-order valence-electron chi connectivity index (χ4n) is 2.20. The summed E-state index contributed by atoms with van der Waals surface area (Å²) >= 11 is 0. The molecule has 0 saturated carbocycles. The minimum Gasteiger partial charge on any atom is -0.497 e. The Morgan fingerprint density at radius 2 is 1.87 bits per heavy atom. The Morgan fingerprint density at radius 1 is 1.33 bits per heavy atom. The van der Waals surface area contributed by atoms with Crippen molar-refractivity contribution in [1.82, 2.24) is 0 Å². The van der Waals surface area contributed by atoms with Crippen LogP contribution in [0.5, 0.6) is 5.75 Å². The highest BCUT2D eigenvalue weighted by Crippen LogP contribution is 2.29. The van der Waals surface area contributed by atoms with Gasteiger partial charge in [0.15, 0.2) is 0 Å². The average molecular weight is 204 g/mol. The zero-order chi connectivity index (χ0) is 11.4. The van der Waals surface area contributed by atoms with Crippen LogP contribution in [-0.2, 0) is 0 Å². The lowest BCUT2D eigenvalue weighted by Gasteiger charge is -2.17. The highest BCUT2D eigenvalue weighted by molar-refractivity contribution is 5.43. The summed E-state index contributed by atoms with van der Waals surface area (Å²) in [6, 6.07) is 4.20. The normalized spacial score (nSPS) is 12.3. The Bertz CT molecular complexity index is 329. The molecule has 0 aliphatic rings. The third-order valence-corrected chi connectivity index (χ3v) is 2.82. The second-order valence-corrected chi connectivity index (χ2v) is 4.10. The second kappa shape index (κ2) is 5.01. The van der Waals surface area contributed by atoms with Gasteiger partial charge in [0, 0.05) is 0 Å². The third kappa shape index (κ3) is 2.62. The van der Waals surface area contributed by atoms with Crippen LogP contribution in [0.4, 0.5) is 0 Å². The van der Waals surface area contributed by atoms with Crippen LogP contribution in [0, 0.1) is 13.8 Å². The van der Waals surface area contributed by atoms with Crippen LogP contribution >= 0.6 is 0 Å². The maximum absolute atomic E-state index is 5.25. The van der Waals surface area contributed by atoms with E-state index >= 15 is 0 Å². The first-order valence-electron chi connectivity index (χ1n) is 5.36. The molecule has 1 nitrogen and oxygen atoms in total. The van der Waals surface area contributed by atoms with Gasteiger partial charge in [-0.3, -0.25) is 0 Å². The standard InChI is InChI=1S/C14H20O/c1-6-7-10(2)14-11(3)8-13(15-5)9-12(14)4/h6,8-10H,1,7H2,2-5H3. The van der Waals surface area contributed by atoms with Crippen molar-refractivity contribution in [2.75, 3.05) is 7.11 Å². The summed E-state index contributed by atoms with van der Waals surface area (Å²) in [5.41, 5.74) is 4.04. The van der Waals surface area contributed by atoms with Crippen LogP contribution in [0.3, 0.4) is 0 Å². The van der Waals surface area contributed by atoms with Gasteiger partial charge in [-0.05, 0) is 55.0 Å². The lowest BCUT2D eigenvalue weighted by Crippen LogP contribution is -2.00. The molecule has 0 aromatic heterocycles. The molecule has 0 radical (unpaired) electrons. The van der Waals surface area contributed by atoms with Gasteiger partial charge in [-0.2, -0.15) is 0 Å². The summed E-state index contributed by atoms with van der Waals surface area (Å²) < 4.78 is 5.25. The van der Waals surface area contributed by atoms with E-state index in [1.165, 1.54) is 16.7 Å². The topological polar surface area (TPSA) is 9.23 Å². The number of hydrogen-bond acceptors (Lipinski definition) is 1. The molecule has 82 valence electrons. The van der Waals surface area contributed by atoms with Gasteiger partial charge in [0.2, 0.25) is 0 Å². The second-order valence-electron chi connectivity index (χ2n) is 4.10. The molecule has 1 unspecified atom stereocenters. The van der Waals surface area contributed by atoms with Gasteiger partial charge in [-0.15, -0.1) is 6.58 Å². The van der Waals surface area contributed by atoms with Crippen molar-refractivity contribution in [1.29, 1.82) is 0 Å². The monoisotopic (exact) mass is 204 g/mol. The van der Waals surface area contributed by atoms with Crippen molar-refractivity contribution in [2.24, 2.45) is 0 Å². The summed E-state index contributed by atoms with van der Waals surface area (Å²) in [5.74, 6) is 1.48. The summed E-state index contributed by atoms with van der Waals surface area (Å²) in [6.07, 6.45) is 3.00. The van der Waals surface area contributed by atoms with Gasteiger partial charge in [-0.25, -0.2) is 0 Å². The minimum absolute atomic E-state index is 0.536. The van der Waals surface area contributed by atoms with Crippen molar-refractivity contribution in [3.05, 3.63) is 41.5 Å². The molecule has 0 aliphatic carbocycles. The van der Waals surface area contributed by atoms with Gasteiger partial charge < -0.3 is 4.74 Å². The first-order valence-corrected chi connectivity index (χ1v) is 5.36. The van der Waals surface area contributed by atoms with E-state index in [0.717, 1.165) is 12.2 Å². The molecule has 1 aromatic carbocycles. The molecule has 1 aromatic rings. The number of rotatable bonds is 4. The van der Waals surface area contributed by atoms with Crippen molar-refractivity contribution in [3.63, 3.8) is 0 Å². The molecule has 0 spiro atoms. The van der Waals surface area contributed by atoms with Crippen molar-refractivity contribution in [3.8, 4) is 5.75 Å². The van der Waals surface area contributed by atoms with E-state index in [0.29, 0.717) is 5.92 Å². The van der Waals surface area contributed by atoms with Crippen LogP contribution in [0.25, 0.3) is 0 Å². The van der Waals surface area contributed by atoms with Crippen LogP contribution in [0.15, 0.2) is 24.8 Å². The summed E-state index contributed by atoms with van der Waals surface area (Å²) in [4.78, 5) is 0. The Balaban J connectivity index is 3.12. The SMILES string of the molecule is C=CCC(C)c1c(C)cc(OC)cc1C. The van der Waals surface area contributed by atoms with Crippen molar-refractivity contribution >= 4 is 0 Å². The predicted molar refractivity (Wildman–Crippen MR) is 65.7 cm³/mol. The molecule has 1 atom stereocenters. The number of benzene rings is 1. The zero-order valence-electron chi connectivity index (χ0n) is 10.1. The molecular weight excluding hydrogens is 184 g/mol. The highest BCUT2D eigenvalue weighted by Gasteiger charge is 2.11. The summed E-state index contributed by atoms with van der Waals surface area (Å²) in [6.45, 7) is 10.3. The van der Waals surface area contributed by atoms with E-state index in [1.807, 2.05) is 6.08 Å². The Labute approximate surface area is 92.8 Å². The van der Waals surface area contributed by atoms with Crippen LogP contribution in [0.1, 0.15) is 36.0 Å². The maximum atomic E-state index is 5.25. The van der Waals surface area contributed by atoms with Gasteiger partial charge in [0.1, 0.15) is 5.75 Å². The van der Waals surface area contributed by atoms with Crippen molar-refractivity contribution < 1.29 is 4.74 Å². The number of aryl methyl sites for hydroxylation is 2. The number of methoxy groups -OCH3 is 1. The highest BCUT2D eigenvalue weighted by atomic mass is 16.5. The molecule has 0 aliphatic heterocycles. The van der Waals surface area contributed by atoms with Crippen LogP contribution in [-0.4, -0.2) is 7.11 Å². The molecule has 1 heteroatoms. The number of hydrogen-bond donors (Lipinski definition) is 0. The summed E-state index contributed by atoms with van der Waals surface area (Å²) in [7, 11) is 1.71. The third-order valence-electron chi connectivity index (χ3n) is 2.82. The maximum Gasteiger partial charge on any atom is 0.119 e. The van der Waals surface area contributed by atoms with E-state index in [1.54, 1.807) is 7.11 Å². The zero-order valence-corrected chi connectivity index (χ0v) is 10.1. The molecular formula is C14H20O. The largest absolute Gasteiger partial charge is 0.497 e. The molecule has 0 heterocycles. The molecule has 0 fully saturated rings. The molecule has 0 amide bonds. The van der Waals surface area contributed by atoms with E-state index in [-0.39, 0.29) is 0 Å². The first-order chi connectivity index (χ1) is 7.10. The van der Waals surface area contributed by atoms with E-state index in [9.17, 15) is 0 Å². The van der Waals surface area contributed by atoms with Gasteiger partial charge in [0.25, 0.3) is 0 Å². The van der Waals surface area contributed by atoms with Crippen molar-refractivity contribution in [2.45, 2.75) is 33.1 Å². The number of allylic oxidation sites excluding steroid dienone is 1. The molecule has 0 N–H and O–H groups in total. The van der Waals surface area contributed by atoms with Gasteiger partial charge in [0.05, 0.1) is 7.11 Å². The Morgan fingerprint density at radius 3 is 2.27 bits per heavy atom. The lowest BCUT2D eigenvalue weighted by atomic mass is 9.90. The summed E-state index contributed by atoms with van der Waals surface area (Å²) in [5, 5.41) is 0. The average Bonchev–Trinajstić information content (AvgIpc) is 2.16. The first kappa shape index (κ1) is 11.8. The molecule has 15 heavy (non-hydrogen) atoms. The molecule has 0 bridgehead atoms. The van der Waals surface area contributed by atoms with Gasteiger partial charge in [-0.1, -0.05) is 13.0 Å². The Kier molecular flexibility index (Phi) is 3.96. The number of ether oxygens (including phenoxy) is 1. The van der Waals surface area contributed by atoms with E-state index in [2.05, 4.69) is 39.5 Å². The van der Waals surface area contributed by atoms with Crippen LogP contribution in [0.2, 0.25) is 0 Å². The van der Waals surface area contributed by atoms with Crippen LogP contribution < -0.4 is 4.74 Å². The smallest absolute Gasteiger partial charge is 0.119 e. The molecule has 1 rings (SSSR count). The fraction of sp³-hybridized carbons (Fsp3) is 0.429. The molecule has 0 saturated heterocycles. The fourth-order valence-corrected chi connectivity index (χ4v) is 2.20. The Hall–Kier alpha value is -1.24. The lowest BCUT2D eigenvalue weighted by molar-refractivity contribution is 0.414. The minimum atomic E-state index is 0.536. The van der Waals surface area contributed by atoms with E-state index < -0.39 is 0 Å². The van der Waals surface area contributed by atoms with E-state index in [4.69, 9.17) is 4.74 Å². The predicted octanol–water partition coefficient (Wildman–Crippen LogP) is 3.99. The van der Waals surface area contributed by atoms with Gasteiger partial charge >= 0.3 is 0 Å².